The first-order valence-corrected chi connectivity index (χ1v) is 9.76. The summed E-state index contributed by atoms with van der Waals surface area (Å²) in [4.78, 5) is 6.48. The molecule has 6 nitrogen and oxygen atoms in total. The summed E-state index contributed by atoms with van der Waals surface area (Å²) in [6.45, 7) is 1.38. The van der Waals surface area contributed by atoms with Gasteiger partial charge in [0.15, 0.2) is 5.58 Å². The van der Waals surface area contributed by atoms with Crippen LogP contribution in [0.2, 0.25) is 5.02 Å². The van der Waals surface area contributed by atoms with E-state index in [1.54, 1.807) is 12.1 Å². The molecule has 1 aliphatic heterocycles. The van der Waals surface area contributed by atoms with Gasteiger partial charge in [-0.05, 0) is 37.8 Å². The zero-order valence-electron chi connectivity index (χ0n) is 12.5. The Labute approximate surface area is 139 Å². The van der Waals surface area contributed by atoms with Gasteiger partial charge in [-0.15, -0.1) is 0 Å². The predicted octanol–water partition coefficient (Wildman–Crippen LogP) is 2.53. The summed E-state index contributed by atoms with van der Waals surface area (Å²) >= 11 is 5.97. The van der Waals surface area contributed by atoms with E-state index in [9.17, 15) is 8.42 Å². The number of anilines is 1. The quantitative estimate of drug-likeness (QED) is 0.912. The van der Waals surface area contributed by atoms with Crippen LogP contribution >= 0.6 is 11.6 Å². The molecule has 2 fully saturated rings. The van der Waals surface area contributed by atoms with Crippen molar-refractivity contribution in [2.45, 2.75) is 37.0 Å². The highest BCUT2D eigenvalue weighted by Crippen LogP contribution is 2.29. The van der Waals surface area contributed by atoms with Gasteiger partial charge in [-0.25, -0.2) is 13.1 Å². The third-order valence-electron chi connectivity index (χ3n) is 4.33. The van der Waals surface area contributed by atoms with E-state index < -0.39 is 10.0 Å². The van der Waals surface area contributed by atoms with Gasteiger partial charge in [-0.2, -0.15) is 4.98 Å². The summed E-state index contributed by atoms with van der Waals surface area (Å²) in [7, 11) is -3.17. The SMILES string of the molecule is O=S(=O)(NC1CCCN(c2nc3ccc(Cl)cc3o2)C1)C1CC1. The van der Waals surface area contributed by atoms with Crippen LogP contribution in [0.5, 0.6) is 0 Å². The predicted molar refractivity (Wildman–Crippen MR) is 89.3 cm³/mol. The van der Waals surface area contributed by atoms with Crippen LogP contribution in [0.4, 0.5) is 6.01 Å². The molecule has 124 valence electrons. The van der Waals surface area contributed by atoms with Gasteiger partial charge < -0.3 is 9.32 Å². The van der Waals surface area contributed by atoms with E-state index in [1.165, 1.54) is 0 Å². The number of nitrogens with zero attached hydrogens (tertiary/aromatic N) is 2. The molecule has 0 spiro atoms. The van der Waals surface area contributed by atoms with Gasteiger partial charge in [0, 0.05) is 30.2 Å². The van der Waals surface area contributed by atoms with Gasteiger partial charge >= 0.3 is 0 Å². The van der Waals surface area contributed by atoms with Gasteiger partial charge in [0.1, 0.15) is 5.52 Å². The maximum absolute atomic E-state index is 12.1. The van der Waals surface area contributed by atoms with Gasteiger partial charge in [0.05, 0.1) is 5.25 Å². The molecule has 2 heterocycles. The van der Waals surface area contributed by atoms with Crippen LogP contribution in [-0.4, -0.2) is 37.8 Å². The van der Waals surface area contributed by atoms with Gasteiger partial charge in [-0.1, -0.05) is 11.6 Å². The van der Waals surface area contributed by atoms with Crippen molar-refractivity contribution < 1.29 is 12.8 Å². The monoisotopic (exact) mass is 355 g/mol. The molecule has 2 aromatic rings. The van der Waals surface area contributed by atoms with Crippen molar-refractivity contribution in [2.24, 2.45) is 0 Å². The maximum atomic E-state index is 12.1. The number of sulfonamides is 1. The minimum absolute atomic E-state index is 0.0899. The third-order valence-corrected chi connectivity index (χ3v) is 6.57. The van der Waals surface area contributed by atoms with Crippen molar-refractivity contribution in [2.75, 3.05) is 18.0 Å². The Morgan fingerprint density at radius 1 is 1.30 bits per heavy atom. The lowest BCUT2D eigenvalue weighted by molar-refractivity contribution is 0.440. The molecular formula is C15H18ClN3O3S. The number of piperidine rings is 1. The molecule has 0 radical (unpaired) electrons. The Morgan fingerprint density at radius 3 is 2.91 bits per heavy atom. The van der Waals surface area contributed by atoms with E-state index in [0.29, 0.717) is 23.2 Å². The fourth-order valence-electron chi connectivity index (χ4n) is 2.98. The smallest absolute Gasteiger partial charge is 0.298 e. The van der Waals surface area contributed by atoms with Crippen LogP contribution in [0.15, 0.2) is 22.6 Å². The Balaban J connectivity index is 1.51. The first kappa shape index (κ1) is 15.2. The number of nitrogens with one attached hydrogen (secondary N) is 1. The number of rotatable bonds is 4. The number of halogens is 1. The van der Waals surface area contributed by atoms with E-state index in [0.717, 1.165) is 37.7 Å². The Bertz CT molecular complexity index is 832. The van der Waals surface area contributed by atoms with E-state index in [1.807, 2.05) is 11.0 Å². The normalized spacial score (nSPS) is 22.7. The summed E-state index contributed by atoms with van der Waals surface area (Å²) < 4.78 is 32.8. The van der Waals surface area contributed by atoms with Crippen LogP contribution in [0.1, 0.15) is 25.7 Å². The molecule has 4 rings (SSSR count). The molecule has 1 aromatic carbocycles. The molecule has 8 heteroatoms. The zero-order valence-corrected chi connectivity index (χ0v) is 14.1. The topological polar surface area (TPSA) is 75.4 Å². The van der Waals surface area contributed by atoms with Crippen molar-refractivity contribution in [3.05, 3.63) is 23.2 Å². The Morgan fingerprint density at radius 2 is 2.13 bits per heavy atom. The lowest BCUT2D eigenvalue weighted by Gasteiger charge is -2.31. The highest BCUT2D eigenvalue weighted by atomic mass is 35.5. The molecule has 1 aliphatic carbocycles. The minimum Gasteiger partial charge on any atom is -0.423 e. The molecule has 1 aromatic heterocycles. The fourth-order valence-corrected chi connectivity index (χ4v) is 4.74. The summed E-state index contributed by atoms with van der Waals surface area (Å²) in [6.07, 6.45) is 3.29. The fraction of sp³-hybridized carbons (Fsp3) is 0.533. The third kappa shape index (κ3) is 3.18. The number of aromatic nitrogens is 1. The Kier molecular flexibility index (Phi) is 3.74. The number of hydrogen-bond donors (Lipinski definition) is 1. The molecule has 1 saturated carbocycles. The largest absolute Gasteiger partial charge is 0.423 e. The molecule has 1 unspecified atom stereocenters. The molecule has 1 atom stereocenters. The van der Waals surface area contributed by atoms with Gasteiger partial charge in [0.25, 0.3) is 6.01 Å². The van der Waals surface area contributed by atoms with E-state index in [-0.39, 0.29) is 11.3 Å². The standard InChI is InChI=1S/C15H18ClN3O3S/c16-10-3-6-13-14(8-10)22-15(17-13)19-7-1-2-11(9-19)18-23(20,21)12-4-5-12/h3,6,8,11-12,18H,1-2,4-5,7,9H2. The molecule has 23 heavy (non-hydrogen) atoms. The lowest BCUT2D eigenvalue weighted by Crippen LogP contribution is -2.48. The highest BCUT2D eigenvalue weighted by Gasteiger charge is 2.38. The van der Waals surface area contributed by atoms with E-state index >= 15 is 0 Å². The number of fused-ring (bicyclic) bond motifs is 1. The summed E-state index contributed by atoms with van der Waals surface area (Å²) in [6, 6.07) is 5.77. The molecule has 0 bridgehead atoms. The Hall–Kier alpha value is -1.31. The lowest BCUT2D eigenvalue weighted by atomic mass is 10.1. The number of benzene rings is 1. The van der Waals surface area contributed by atoms with E-state index in [4.69, 9.17) is 16.0 Å². The summed E-state index contributed by atoms with van der Waals surface area (Å²) in [5.41, 5.74) is 1.40. The summed E-state index contributed by atoms with van der Waals surface area (Å²) in [5, 5.41) is 0.415. The van der Waals surface area contributed by atoms with Crippen LogP contribution < -0.4 is 9.62 Å². The first-order chi connectivity index (χ1) is 11.0. The van der Waals surface area contributed by atoms with Crippen LogP contribution in [0.25, 0.3) is 11.1 Å². The molecule has 1 saturated heterocycles. The molecule has 1 N–H and O–H groups in total. The second-order valence-corrected chi connectivity index (χ2v) is 8.68. The zero-order chi connectivity index (χ0) is 16.0. The minimum atomic E-state index is -3.17. The molecule has 2 aliphatic rings. The van der Waals surface area contributed by atoms with Crippen molar-refractivity contribution in [1.29, 1.82) is 0 Å². The number of oxazole rings is 1. The molecular weight excluding hydrogens is 338 g/mol. The van der Waals surface area contributed by atoms with Gasteiger partial charge in [-0.3, -0.25) is 0 Å². The van der Waals surface area contributed by atoms with Crippen molar-refractivity contribution in [3.63, 3.8) is 0 Å². The van der Waals surface area contributed by atoms with Gasteiger partial charge in [0.2, 0.25) is 10.0 Å². The second-order valence-electron chi connectivity index (χ2n) is 6.26. The van der Waals surface area contributed by atoms with Crippen LogP contribution in [-0.2, 0) is 10.0 Å². The number of hydrogen-bond acceptors (Lipinski definition) is 5. The van der Waals surface area contributed by atoms with Crippen LogP contribution in [0, 0.1) is 0 Å². The average Bonchev–Trinajstić information content (AvgIpc) is 3.28. The molecule has 0 amide bonds. The second kappa shape index (κ2) is 5.65. The van der Waals surface area contributed by atoms with Crippen molar-refractivity contribution in [1.82, 2.24) is 9.71 Å². The highest BCUT2D eigenvalue weighted by molar-refractivity contribution is 7.90. The first-order valence-electron chi connectivity index (χ1n) is 7.83. The van der Waals surface area contributed by atoms with Crippen molar-refractivity contribution >= 4 is 38.7 Å². The average molecular weight is 356 g/mol. The van der Waals surface area contributed by atoms with Crippen LogP contribution in [0.3, 0.4) is 0 Å². The van der Waals surface area contributed by atoms with Crippen molar-refractivity contribution in [3.8, 4) is 0 Å². The van der Waals surface area contributed by atoms with E-state index in [2.05, 4.69) is 9.71 Å². The maximum Gasteiger partial charge on any atom is 0.298 e. The summed E-state index contributed by atoms with van der Waals surface area (Å²) in [5.74, 6) is 0.